The summed E-state index contributed by atoms with van der Waals surface area (Å²) in [6.07, 6.45) is 0.233. The van der Waals surface area contributed by atoms with E-state index in [1.807, 2.05) is 13.8 Å². The van der Waals surface area contributed by atoms with Crippen molar-refractivity contribution in [1.29, 1.82) is 0 Å². The lowest BCUT2D eigenvalue weighted by molar-refractivity contribution is -0.156. The van der Waals surface area contributed by atoms with E-state index in [1.54, 1.807) is 0 Å². The second-order valence-electron chi connectivity index (χ2n) is 5.66. The van der Waals surface area contributed by atoms with Gasteiger partial charge in [0.15, 0.2) is 0 Å². The van der Waals surface area contributed by atoms with Gasteiger partial charge in [-0.1, -0.05) is 24.2 Å². The summed E-state index contributed by atoms with van der Waals surface area (Å²) in [5.41, 5.74) is -0.556. The van der Waals surface area contributed by atoms with E-state index in [9.17, 15) is 14.0 Å². The first-order valence-electron chi connectivity index (χ1n) is 7.40. The van der Waals surface area contributed by atoms with Gasteiger partial charge in [0.2, 0.25) is 5.60 Å². The molecule has 0 saturated carbocycles. The van der Waals surface area contributed by atoms with Crippen LogP contribution >= 0.6 is 0 Å². The van der Waals surface area contributed by atoms with Crippen LogP contribution in [0.4, 0.5) is 4.39 Å². The number of oxime groups is 1. The topological polar surface area (TPSA) is 88.0 Å². The van der Waals surface area contributed by atoms with Crippen molar-refractivity contribution in [1.82, 2.24) is 5.32 Å². The van der Waals surface area contributed by atoms with Crippen LogP contribution in [0.2, 0.25) is 0 Å². The third-order valence-electron chi connectivity index (χ3n) is 3.80. The van der Waals surface area contributed by atoms with Crippen molar-refractivity contribution in [2.45, 2.75) is 44.8 Å². The summed E-state index contributed by atoms with van der Waals surface area (Å²) in [5.74, 6) is -2.05. The van der Waals surface area contributed by atoms with Gasteiger partial charge in [0, 0.05) is 12.5 Å². The molecule has 2 N–H and O–H groups in total. The number of hydrogen-bond acceptors (Lipinski definition) is 4. The molecular weight excluding hydrogens is 303 g/mol. The molecule has 2 atom stereocenters. The Hall–Kier alpha value is -2.44. The number of carbonyl (C=O) groups excluding carboxylic acids is 1. The normalized spacial score (nSPS) is 21.3. The van der Waals surface area contributed by atoms with Crippen molar-refractivity contribution in [2.24, 2.45) is 5.16 Å². The average Bonchev–Trinajstić information content (AvgIpc) is 2.92. The number of nitrogens with zero attached hydrogens (tertiary/aromatic N) is 1. The Morgan fingerprint density at radius 3 is 2.65 bits per heavy atom. The third kappa shape index (κ3) is 3.85. The molecule has 23 heavy (non-hydrogen) atoms. The molecule has 6 nitrogen and oxygen atoms in total. The zero-order chi connectivity index (χ0) is 17.0. The van der Waals surface area contributed by atoms with E-state index in [0.717, 1.165) is 0 Å². The standard InChI is InChI=1S/C16H19FN2O4/c1-3-10(2)18-15(22)16(9-14(20)21)8-13(19-23-16)11-4-6-12(17)7-5-11/h4-7,10H,3,8-9H2,1-2H3,(H,18,22)(H,20,21). The van der Waals surface area contributed by atoms with Crippen LogP contribution in [-0.2, 0) is 14.4 Å². The summed E-state index contributed by atoms with van der Waals surface area (Å²) in [6, 6.07) is 5.47. The Morgan fingerprint density at radius 2 is 2.09 bits per heavy atom. The molecule has 1 aliphatic heterocycles. The third-order valence-corrected chi connectivity index (χ3v) is 3.80. The summed E-state index contributed by atoms with van der Waals surface area (Å²) in [6.45, 7) is 3.73. The Kier molecular flexibility index (Phi) is 4.98. The molecule has 1 aromatic carbocycles. The van der Waals surface area contributed by atoms with Crippen molar-refractivity contribution in [3.8, 4) is 0 Å². The number of hydrogen-bond donors (Lipinski definition) is 2. The Labute approximate surface area is 133 Å². The van der Waals surface area contributed by atoms with Gasteiger partial charge >= 0.3 is 5.97 Å². The van der Waals surface area contributed by atoms with E-state index in [2.05, 4.69) is 10.5 Å². The molecule has 0 spiro atoms. The Morgan fingerprint density at radius 1 is 1.43 bits per heavy atom. The van der Waals surface area contributed by atoms with Gasteiger partial charge in [0.1, 0.15) is 5.82 Å². The van der Waals surface area contributed by atoms with Crippen LogP contribution in [0.25, 0.3) is 0 Å². The second-order valence-corrected chi connectivity index (χ2v) is 5.66. The molecule has 1 aromatic rings. The molecule has 1 amide bonds. The molecule has 0 aliphatic carbocycles. The minimum absolute atomic E-state index is 0.0210. The smallest absolute Gasteiger partial charge is 0.308 e. The van der Waals surface area contributed by atoms with E-state index in [0.29, 0.717) is 17.7 Å². The summed E-state index contributed by atoms with van der Waals surface area (Å²) in [4.78, 5) is 28.9. The lowest BCUT2D eigenvalue weighted by Gasteiger charge is -2.25. The number of rotatable bonds is 6. The quantitative estimate of drug-likeness (QED) is 0.839. The van der Waals surface area contributed by atoms with Gasteiger partial charge in [-0.2, -0.15) is 0 Å². The first kappa shape index (κ1) is 16.9. The fourth-order valence-electron chi connectivity index (χ4n) is 2.27. The number of carbonyl (C=O) groups is 2. The molecule has 2 rings (SSSR count). The zero-order valence-corrected chi connectivity index (χ0v) is 13.0. The number of amides is 1. The highest BCUT2D eigenvalue weighted by Crippen LogP contribution is 2.31. The number of carboxylic acids is 1. The molecule has 1 aliphatic rings. The van der Waals surface area contributed by atoms with Gasteiger partial charge < -0.3 is 15.3 Å². The highest BCUT2D eigenvalue weighted by Gasteiger charge is 2.48. The fourth-order valence-corrected chi connectivity index (χ4v) is 2.27. The van der Waals surface area contributed by atoms with Crippen LogP contribution in [0, 0.1) is 5.82 Å². The van der Waals surface area contributed by atoms with Crippen LogP contribution in [0.3, 0.4) is 0 Å². The highest BCUT2D eigenvalue weighted by molar-refractivity contribution is 6.06. The summed E-state index contributed by atoms with van der Waals surface area (Å²) in [7, 11) is 0. The molecule has 0 aromatic heterocycles. The van der Waals surface area contributed by atoms with E-state index in [1.165, 1.54) is 24.3 Å². The lowest BCUT2D eigenvalue weighted by atomic mass is 9.90. The van der Waals surface area contributed by atoms with Gasteiger partial charge in [-0.05, 0) is 31.0 Å². The maximum absolute atomic E-state index is 13.0. The zero-order valence-electron chi connectivity index (χ0n) is 13.0. The predicted molar refractivity (Wildman–Crippen MR) is 81.5 cm³/mol. The maximum Gasteiger partial charge on any atom is 0.308 e. The Balaban J connectivity index is 2.20. The maximum atomic E-state index is 13.0. The fraction of sp³-hybridized carbons (Fsp3) is 0.438. The highest BCUT2D eigenvalue weighted by atomic mass is 19.1. The first-order chi connectivity index (χ1) is 10.9. The van der Waals surface area contributed by atoms with E-state index >= 15 is 0 Å². The predicted octanol–water partition coefficient (Wildman–Crippen LogP) is 2.08. The van der Waals surface area contributed by atoms with Gasteiger partial charge in [0.05, 0.1) is 12.1 Å². The van der Waals surface area contributed by atoms with Gasteiger partial charge in [-0.15, -0.1) is 0 Å². The SMILES string of the molecule is CCC(C)NC(=O)C1(CC(=O)O)CC(c2ccc(F)cc2)=NO1. The number of carboxylic acid groups (broad SMARTS) is 1. The number of benzene rings is 1. The van der Waals surface area contributed by atoms with E-state index < -0.39 is 23.9 Å². The molecule has 7 heteroatoms. The molecule has 1 heterocycles. The van der Waals surface area contributed by atoms with E-state index in [-0.39, 0.29) is 18.3 Å². The largest absolute Gasteiger partial charge is 0.481 e. The minimum atomic E-state index is -1.57. The lowest BCUT2D eigenvalue weighted by Crippen LogP contribution is -2.51. The van der Waals surface area contributed by atoms with Crippen molar-refractivity contribution < 1.29 is 23.9 Å². The van der Waals surface area contributed by atoms with Crippen molar-refractivity contribution in [3.63, 3.8) is 0 Å². The number of nitrogens with one attached hydrogen (secondary N) is 1. The molecule has 0 fully saturated rings. The van der Waals surface area contributed by atoms with Gasteiger partial charge in [-0.3, -0.25) is 9.59 Å². The van der Waals surface area contributed by atoms with Crippen molar-refractivity contribution in [3.05, 3.63) is 35.6 Å². The number of aliphatic carboxylic acids is 1. The van der Waals surface area contributed by atoms with Crippen LogP contribution in [0.1, 0.15) is 38.7 Å². The molecule has 124 valence electrons. The van der Waals surface area contributed by atoms with Crippen LogP contribution < -0.4 is 5.32 Å². The molecule has 0 radical (unpaired) electrons. The molecule has 2 unspecified atom stereocenters. The molecule has 0 saturated heterocycles. The van der Waals surface area contributed by atoms with Crippen LogP contribution in [-0.4, -0.2) is 34.3 Å². The Bertz CT molecular complexity index is 629. The van der Waals surface area contributed by atoms with Crippen molar-refractivity contribution in [2.75, 3.05) is 0 Å². The van der Waals surface area contributed by atoms with Gasteiger partial charge in [-0.25, -0.2) is 4.39 Å². The van der Waals surface area contributed by atoms with Crippen LogP contribution in [0.15, 0.2) is 29.4 Å². The monoisotopic (exact) mass is 322 g/mol. The molecule has 0 bridgehead atoms. The first-order valence-corrected chi connectivity index (χ1v) is 7.40. The number of halogens is 1. The van der Waals surface area contributed by atoms with E-state index in [4.69, 9.17) is 9.94 Å². The van der Waals surface area contributed by atoms with Gasteiger partial charge in [0.25, 0.3) is 5.91 Å². The molecular formula is C16H19FN2O4. The minimum Gasteiger partial charge on any atom is -0.481 e. The van der Waals surface area contributed by atoms with Crippen LogP contribution in [0.5, 0.6) is 0 Å². The average molecular weight is 322 g/mol. The summed E-state index contributed by atoms with van der Waals surface area (Å²) < 4.78 is 13.0. The second kappa shape index (κ2) is 6.76. The summed E-state index contributed by atoms with van der Waals surface area (Å²) in [5, 5.41) is 15.7. The van der Waals surface area contributed by atoms with Crippen molar-refractivity contribution >= 4 is 17.6 Å². The summed E-state index contributed by atoms with van der Waals surface area (Å²) >= 11 is 0.